The molecule has 1 saturated heterocycles. The second-order valence-corrected chi connectivity index (χ2v) is 11.9. The zero-order chi connectivity index (χ0) is 28.9. The van der Waals surface area contributed by atoms with Gasteiger partial charge in [0.1, 0.15) is 5.82 Å². The van der Waals surface area contributed by atoms with Crippen molar-refractivity contribution in [1.82, 2.24) is 15.0 Å². The summed E-state index contributed by atoms with van der Waals surface area (Å²) in [5.41, 5.74) is 6.70. The van der Waals surface area contributed by atoms with E-state index in [0.717, 1.165) is 46.7 Å². The van der Waals surface area contributed by atoms with E-state index in [1.165, 1.54) is 0 Å². The summed E-state index contributed by atoms with van der Waals surface area (Å²) in [5.74, 6) is 1.84. The number of hydrogen-bond acceptors (Lipinski definition) is 6. The Kier molecular flexibility index (Phi) is 10.1. The molecule has 0 saturated carbocycles. The molecule has 40 heavy (non-hydrogen) atoms. The molecule has 0 bridgehead atoms. The van der Waals surface area contributed by atoms with Gasteiger partial charge in [-0.15, -0.1) is 23.2 Å². The molecule has 1 fully saturated rings. The number of nitrogens with zero attached hydrogens (tertiary/aromatic N) is 3. The van der Waals surface area contributed by atoms with Crippen LogP contribution in [0.1, 0.15) is 51.9 Å². The highest BCUT2D eigenvalue weighted by atomic mass is 35.5. The first-order valence-corrected chi connectivity index (χ1v) is 14.8. The number of amides is 1. The van der Waals surface area contributed by atoms with Crippen LogP contribution in [-0.2, 0) is 39.0 Å². The van der Waals surface area contributed by atoms with E-state index < -0.39 is 7.12 Å². The minimum Gasteiger partial charge on any atom is -0.399 e. The highest BCUT2D eigenvalue weighted by Crippen LogP contribution is 2.36. The van der Waals surface area contributed by atoms with Crippen LogP contribution in [0.5, 0.6) is 0 Å². The van der Waals surface area contributed by atoms with Crippen molar-refractivity contribution in [3.63, 3.8) is 0 Å². The Morgan fingerprint density at radius 1 is 1.05 bits per heavy atom. The number of carbonyl (C=O) groups excluding carboxylic acids is 1. The van der Waals surface area contributed by atoms with Crippen molar-refractivity contribution >= 4 is 58.4 Å². The molecular weight excluding hydrogens is 550 g/mol. The molecule has 1 amide bonds. The monoisotopic (exact) mass is 588 g/mol. The van der Waals surface area contributed by atoms with Crippen molar-refractivity contribution in [2.45, 2.75) is 64.8 Å². The predicted octanol–water partition coefficient (Wildman–Crippen LogP) is 4.73. The Labute approximate surface area is 247 Å². The molecule has 0 unspecified atom stereocenters. The minimum absolute atomic E-state index is 0.160. The fourth-order valence-electron chi connectivity index (χ4n) is 4.64. The second-order valence-electron chi connectivity index (χ2n) is 11.1. The SMILES string of the molecule is Cn1c(CCCC(=O)NOCc2ccc(B3OC(C)(C)C(C)(C)O3)cc2)nc2cc(N(CCCl)CCCl)ccc21. The number of hydroxylamine groups is 1. The van der Waals surface area contributed by atoms with Crippen LogP contribution in [-0.4, -0.2) is 58.6 Å². The van der Waals surface area contributed by atoms with E-state index in [9.17, 15) is 4.79 Å². The number of halogens is 2. The van der Waals surface area contributed by atoms with E-state index >= 15 is 0 Å². The lowest BCUT2D eigenvalue weighted by atomic mass is 9.79. The Balaban J connectivity index is 1.22. The molecule has 3 aromatic rings. The van der Waals surface area contributed by atoms with Gasteiger partial charge in [0.05, 0.1) is 28.8 Å². The molecule has 0 aliphatic carbocycles. The predicted molar refractivity (Wildman–Crippen MR) is 162 cm³/mol. The lowest BCUT2D eigenvalue weighted by molar-refractivity contribution is -0.134. The number of fused-ring (bicyclic) bond motifs is 1. The van der Waals surface area contributed by atoms with Crippen LogP contribution in [0.25, 0.3) is 11.0 Å². The van der Waals surface area contributed by atoms with Crippen LogP contribution >= 0.6 is 23.2 Å². The number of rotatable bonds is 13. The summed E-state index contributed by atoms with van der Waals surface area (Å²) < 4.78 is 14.3. The van der Waals surface area contributed by atoms with E-state index in [1.807, 2.05) is 59.0 Å². The number of nitrogens with one attached hydrogen (secondary N) is 1. The maximum atomic E-state index is 12.3. The van der Waals surface area contributed by atoms with Crippen molar-refractivity contribution in [1.29, 1.82) is 0 Å². The number of hydrogen-bond donors (Lipinski definition) is 1. The molecule has 0 radical (unpaired) electrons. The van der Waals surface area contributed by atoms with Gasteiger partial charge in [-0.3, -0.25) is 9.63 Å². The number of imidazole rings is 1. The topological polar surface area (TPSA) is 77.9 Å². The summed E-state index contributed by atoms with van der Waals surface area (Å²) >= 11 is 11.9. The fraction of sp³-hybridized carbons (Fsp3) is 0.517. The Morgan fingerprint density at radius 3 is 2.33 bits per heavy atom. The zero-order valence-electron chi connectivity index (χ0n) is 24.0. The molecule has 0 atom stereocenters. The van der Waals surface area contributed by atoms with Gasteiger partial charge in [-0.25, -0.2) is 10.5 Å². The van der Waals surface area contributed by atoms with Crippen LogP contribution < -0.4 is 15.8 Å². The van der Waals surface area contributed by atoms with Gasteiger partial charge in [-0.05, 0) is 63.3 Å². The van der Waals surface area contributed by atoms with Gasteiger partial charge in [0.2, 0.25) is 5.91 Å². The maximum absolute atomic E-state index is 12.3. The molecular formula is C29H39BCl2N4O4. The molecule has 0 spiro atoms. The summed E-state index contributed by atoms with van der Waals surface area (Å²) in [4.78, 5) is 24.8. The number of alkyl halides is 2. The van der Waals surface area contributed by atoms with Gasteiger partial charge in [0.15, 0.2) is 0 Å². The third-order valence-electron chi connectivity index (χ3n) is 7.77. The lowest BCUT2D eigenvalue weighted by Gasteiger charge is -2.32. The molecule has 1 N–H and O–H groups in total. The molecule has 1 aromatic heterocycles. The van der Waals surface area contributed by atoms with Gasteiger partial charge >= 0.3 is 7.12 Å². The average Bonchev–Trinajstić information content (AvgIpc) is 3.34. The average molecular weight is 589 g/mol. The molecule has 4 rings (SSSR count). The van der Waals surface area contributed by atoms with Gasteiger partial charge < -0.3 is 18.8 Å². The number of anilines is 1. The number of aryl methyl sites for hydroxylation is 2. The second kappa shape index (κ2) is 13.1. The van der Waals surface area contributed by atoms with E-state index in [4.69, 9.17) is 42.3 Å². The van der Waals surface area contributed by atoms with Gasteiger partial charge in [-0.1, -0.05) is 24.3 Å². The molecule has 2 aromatic carbocycles. The van der Waals surface area contributed by atoms with Gasteiger partial charge in [0.25, 0.3) is 0 Å². The highest BCUT2D eigenvalue weighted by Gasteiger charge is 2.51. The maximum Gasteiger partial charge on any atom is 0.494 e. The number of benzene rings is 2. The van der Waals surface area contributed by atoms with E-state index in [0.29, 0.717) is 31.0 Å². The summed E-state index contributed by atoms with van der Waals surface area (Å²) in [5, 5.41) is 0. The van der Waals surface area contributed by atoms with Crippen molar-refractivity contribution in [2.75, 3.05) is 29.7 Å². The van der Waals surface area contributed by atoms with Crippen molar-refractivity contribution in [2.24, 2.45) is 7.05 Å². The minimum atomic E-state index is -0.403. The van der Waals surface area contributed by atoms with Crippen molar-refractivity contribution in [3.8, 4) is 0 Å². The molecule has 216 valence electrons. The van der Waals surface area contributed by atoms with E-state index in [2.05, 4.69) is 33.1 Å². The molecule has 2 heterocycles. The standard InChI is InChI=1S/C29H39BCl2N4O4/c1-28(2)29(3,4)40-30(39-28)22-11-9-21(10-12-22)20-38-34-27(37)8-6-7-26-33-24-19-23(13-14-25(24)35(26)5)36(17-15-31)18-16-32/h9-14,19H,6-8,15-18,20H2,1-5H3,(H,34,37). The molecule has 1 aliphatic rings. The number of aromatic nitrogens is 2. The fourth-order valence-corrected chi connectivity index (χ4v) is 5.05. The molecule has 11 heteroatoms. The molecule has 8 nitrogen and oxygen atoms in total. The summed E-state index contributed by atoms with van der Waals surface area (Å²) in [6.45, 7) is 9.86. The van der Waals surface area contributed by atoms with Crippen molar-refractivity contribution in [3.05, 3.63) is 53.9 Å². The lowest BCUT2D eigenvalue weighted by Crippen LogP contribution is -2.41. The van der Waals surface area contributed by atoms with E-state index in [-0.39, 0.29) is 23.7 Å². The molecule has 1 aliphatic heterocycles. The Morgan fingerprint density at radius 2 is 1.70 bits per heavy atom. The van der Waals surface area contributed by atoms with E-state index in [1.54, 1.807) is 0 Å². The van der Waals surface area contributed by atoms with Crippen LogP contribution in [0.2, 0.25) is 0 Å². The van der Waals surface area contributed by atoms with Crippen LogP contribution in [0.15, 0.2) is 42.5 Å². The first-order chi connectivity index (χ1) is 19.0. The summed E-state index contributed by atoms with van der Waals surface area (Å²) in [6.07, 6.45) is 1.68. The Bertz CT molecular complexity index is 1280. The summed E-state index contributed by atoms with van der Waals surface area (Å²) in [7, 11) is 1.60. The Hall–Kier alpha value is -2.30. The van der Waals surface area contributed by atoms with Crippen molar-refractivity contribution < 1.29 is 18.9 Å². The van der Waals surface area contributed by atoms with Gasteiger partial charge in [0, 0.05) is 50.4 Å². The van der Waals surface area contributed by atoms with Gasteiger partial charge in [-0.2, -0.15) is 0 Å². The third-order valence-corrected chi connectivity index (χ3v) is 8.10. The quantitative estimate of drug-likeness (QED) is 0.177. The first-order valence-electron chi connectivity index (χ1n) is 13.7. The zero-order valence-corrected chi connectivity index (χ0v) is 25.5. The highest BCUT2D eigenvalue weighted by molar-refractivity contribution is 6.62. The van der Waals surface area contributed by atoms with Crippen LogP contribution in [0, 0.1) is 0 Å². The largest absolute Gasteiger partial charge is 0.494 e. The summed E-state index contributed by atoms with van der Waals surface area (Å²) in [6, 6.07) is 14.1. The van der Waals surface area contributed by atoms with Crippen LogP contribution in [0.3, 0.4) is 0 Å². The number of carbonyl (C=O) groups is 1. The first kappa shape index (κ1) is 30.7. The smallest absolute Gasteiger partial charge is 0.399 e. The third kappa shape index (κ3) is 7.12. The van der Waals surface area contributed by atoms with Crippen LogP contribution in [0.4, 0.5) is 5.69 Å². The normalized spacial score (nSPS) is 16.0.